The number of thiophene rings is 1. The lowest BCUT2D eigenvalue weighted by atomic mass is 10.4. The van der Waals surface area contributed by atoms with Crippen molar-refractivity contribution in [2.24, 2.45) is 0 Å². The number of nitrogens with zero attached hydrogens (tertiary/aromatic N) is 2. The Morgan fingerprint density at radius 3 is 2.90 bits per heavy atom. The van der Waals surface area contributed by atoms with Crippen LogP contribution in [0.5, 0.6) is 0 Å². The highest BCUT2D eigenvalue weighted by Crippen LogP contribution is 2.37. The third-order valence-corrected chi connectivity index (χ3v) is 6.50. The van der Waals surface area contributed by atoms with Crippen molar-refractivity contribution in [2.45, 2.75) is 23.7 Å². The average Bonchev–Trinajstić information content (AvgIpc) is 2.62. The SMILES string of the molecule is CC1CN(S(=O)(=O)c2cc([N+](=O)[O-])c(Cl)s2)CCCO1. The van der Waals surface area contributed by atoms with Crippen LogP contribution in [0.3, 0.4) is 0 Å². The van der Waals surface area contributed by atoms with Gasteiger partial charge in [0.2, 0.25) is 0 Å². The van der Waals surface area contributed by atoms with E-state index in [1.54, 1.807) is 6.92 Å². The zero-order valence-corrected chi connectivity index (χ0v) is 13.0. The van der Waals surface area contributed by atoms with Gasteiger partial charge in [0.05, 0.1) is 11.0 Å². The first-order chi connectivity index (χ1) is 9.32. The van der Waals surface area contributed by atoms with Crippen LogP contribution in [0, 0.1) is 10.1 Å². The Morgan fingerprint density at radius 1 is 1.60 bits per heavy atom. The maximum atomic E-state index is 12.5. The molecule has 1 fully saturated rings. The van der Waals surface area contributed by atoms with E-state index in [0.717, 1.165) is 6.07 Å². The topological polar surface area (TPSA) is 89.8 Å². The number of hydrogen-bond acceptors (Lipinski definition) is 6. The lowest BCUT2D eigenvalue weighted by Gasteiger charge is -2.20. The monoisotopic (exact) mass is 340 g/mol. The normalized spacial score (nSPS) is 21.6. The van der Waals surface area contributed by atoms with Gasteiger partial charge < -0.3 is 4.74 Å². The third-order valence-electron chi connectivity index (χ3n) is 2.85. The molecule has 1 aliphatic rings. The second-order valence-electron chi connectivity index (χ2n) is 4.38. The van der Waals surface area contributed by atoms with E-state index in [9.17, 15) is 18.5 Å². The van der Waals surface area contributed by atoms with E-state index < -0.39 is 14.9 Å². The van der Waals surface area contributed by atoms with Crippen LogP contribution in [0.15, 0.2) is 10.3 Å². The lowest BCUT2D eigenvalue weighted by Crippen LogP contribution is -2.35. The van der Waals surface area contributed by atoms with Gasteiger partial charge in [-0.15, -0.1) is 11.3 Å². The van der Waals surface area contributed by atoms with Crippen molar-refractivity contribution in [3.8, 4) is 0 Å². The van der Waals surface area contributed by atoms with E-state index in [1.165, 1.54) is 4.31 Å². The number of hydrogen-bond donors (Lipinski definition) is 0. The van der Waals surface area contributed by atoms with Crippen molar-refractivity contribution < 1.29 is 18.1 Å². The van der Waals surface area contributed by atoms with Crippen LogP contribution >= 0.6 is 22.9 Å². The molecule has 0 saturated carbocycles. The van der Waals surface area contributed by atoms with Crippen LogP contribution in [0.2, 0.25) is 4.34 Å². The minimum absolute atomic E-state index is 0.108. The van der Waals surface area contributed by atoms with Crippen LogP contribution in [-0.4, -0.2) is 43.4 Å². The average molecular weight is 341 g/mol. The third kappa shape index (κ3) is 3.12. The van der Waals surface area contributed by atoms with E-state index in [-0.39, 0.29) is 26.9 Å². The highest BCUT2D eigenvalue weighted by atomic mass is 35.5. The molecule has 0 amide bonds. The van der Waals surface area contributed by atoms with E-state index in [1.807, 2.05) is 0 Å². The first-order valence-electron chi connectivity index (χ1n) is 5.88. The fraction of sp³-hybridized carbons (Fsp3) is 0.600. The van der Waals surface area contributed by atoms with Crippen LogP contribution < -0.4 is 0 Å². The Bertz CT molecular complexity index is 615. The highest BCUT2D eigenvalue weighted by Gasteiger charge is 2.32. The predicted molar refractivity (Wildman–Crippen MR) is 74.8 cm³/mol. The van der Waals surface area contributed by atoms with Crippen LogP contribution in [-0.2, 0) is 14.8 Å². The molecule has 0 N–H and O–H groups in total. The van der Waals surface area contributed by atoms with Crippen molar-refractivity contribution in [2.75, 3.05) is 19.7 Å². The minimum Gasteiger partial charge on any atom is -0.377 e. The molecule has 112 valence electrons. The summed E-state index contributed by atoms with van der Waals surface area (Å²) < 4.78 is 31.4. The largest absolute Gasteiger partial charge is 0.377 e. The molecule has 1 aromatic rings. The summed E-state index contributed by atoms with van der Waals surface area (Å²) in [7, 11) is -3.77. The van der Waals surface area contributed by atoms with Gasteiger partial charge in [-0.2, -0.15) is 4.31 Å². The second-order valence-corrected chi connectivity index (χ2v) is 8.20. The summed E-state index contributed by atoms with van der Waals surface area (Å²) in [4.78, 5) is 10.1. The molecular formula is C10H13ClN2O5S2. The van der Waals surface area contributed by atoms with Crippen LogP contribution in [0.4, 0.5) is 5.69 Å². The Kier molecular flexibility index (Phi) is 4.65. The second kappa shape index (κ2) is 5.94. The Labute approximate surface area is 125 Å². The summed E-state index contributed by atoms with van der Waals surface area (Å²) in [5.41, 5.74) is -0.380. The molecule has 0 spiro atoms. The smallest absolute Gasteiger partial charge is 0.300 e. The fourth-order valence-corrected chi connectivity index (χ4v) is 5.27. The fourth-order valence-electron chi connectivity index (χ4n) is 1.89. The molecule has 0 radical (unpaired) electrons. The van der Waals surface area contributed by atoms with Crippen molar-refractivity contribution in [1.82, 2.24) is 4.31 Å². The molecule has 1 aromatic heterocycles. The molecule has 1 atom stereocenters. The number of rotatable bonds is 3. The molecule has 1 aliphatic heterocycles. The number of halogens is 1. The molecular weight excluding hydrogens is 328 g/mol. The summed E-state index contributed by atoms with van der Waals surface area (Å²) in [5, 5.41) is 10.7. The molecule has 10 heteroatoms. The van der Waals surface area contributed by atoms with Gasteiger partial charge >= 0.3 is 0 Å². The van der Waals surface area contributed by atoms with Gasteiger partial charge in [0, 0.05) is 25.8 Å². The Morgan fingerprint density at radius 2 is 2.30 bits per heavy atom. The zero-order valence-electron chi connectivity index (χ0n) is 10.6. The zero-order chi connectivity index (χ0) is 14.9. The molecule has 1 saturated heterocycles. The van der Waals surface area contributed by atoms with Crippen LogP contribution in [0.25, 0.3) is 0 Å². The van der Waals surface area contributed by atoms with Gasteiger partial charge in [0.25, 0.3) is 15.7 Å². The number of nitro groups is 1. The first kappa shape index (κ1) is 15.6. The molecule has 1 unspecified atom stereocenters. The predicted octanol–water partition coefficient (Wildman–Crippen LogP) is 2.11. The van der Waals surface area contributed by atoms with Gasteiger partial charge in [-0.1, -0.05) is 11.6 Å². The highest BCUT2D eigenvalue weighted by molar-refractivity contribution is 7.91. The van der Waals surface area contributed by atoms with Crippen molar-refractivity contribution >= 4 is 38.6 Å². The molecule has 0 aliphatic carbocycles. The van der Waals surface area contributed by atoms with E-state index in [0.29, 0.717) is 30.9 Å². The molecule has 0 bridgehead atoms. The summed E-state index contributed by atoms with van der Waals surface area (Å²) in [6.45, 7) is 2.85. The summed E-state index contributed by atoms with van der Waals surface area (Å²) in [6.07, 6.45) is 0.378. The van der Waals surface area contributed by atoms with Crippen molar-refractivity contribution in [1.29, 1.82) is 0 Å². The minimum atomic E-state index is -3.77. The maximum absolute atomic E-state index is 12.5. The molecule has 0 aromatic carbocycles. The van der Waals surface area contributed by atoms with Crippen molar-refractivity contribution in [3.05, 3.63) is 20.5 Å². The van der Waals surface area contributed by atoms with Gasteiger partial charge in [0.15, 0.2) is 4.34 Å². The number of sulfonamides is 1. The maximum Gasteiger partial charge on any atom is 0.300 e. The molecule has 7 nitrogen and oxygen atoms in total. The van der Waals surface area contributed by atoms with Crippen molar-refractivity contribution in [3.63, 3.8) is 0 Å². The number of ether oxygens (including phenoxy) is 1. The summed E-state index contributed by atoms with van der Waals surface area (Å²) in [5.74, 6) is 0. The molecule has 2 rings (SSSR count). The lowest BCUT2D eigenvalue weighted by molar-refractivity contribution is -0.384. The first-order valence-corrected chi connectivity index (χ1v) is 8.51. The van der Waals surface area contributed by atoms with Gasteiger partial charge in [-0.3, -0.25) is 10.1 Å². The summed E-state index contributed by atoms with van der Waals surface area (Å²) in [6, 6.07) is 1.01. The standard InChI is InChI=1S/C10H13ClN2O5S2/c1-7-6-12(3-2-4-18-7)20(16,17)9-5-8(13(14)15)10(11)19-9/h5,7H,2-4,6H2,1H3. The van der Waals surface area contributed by atoms with E-state index in [2.05, 4.69) is 0 Å². The van der Waals surface area contributed by atoms with Crippen LogP contribution in [0.1, 0.15) is 13.3 Å². The van der Waals surface area contributed by atoms with Gasteiger partial charge in [0.1, 0.15) is 4.21 Å². The molecule has 20 heavy (non-hydrogen) atoms. The van der Waals surface area contributed by atoms with E-state index >= 15 is 0 Å². The Hall–Kier alpha value is -0.740. The van der Waals surface area contributed by atoms with Gasteiger partial charge in [-0.05, 0) is 13.3 Å². The molecule has 2 heterocycles. The van der Waals surface area contributed by atoms with E-state index in [4.69, 9.17) is 16.3 Å². The van der Waals surface area contributed by atoms with Gasteiger partial charge in [-0.25, -0.2) is 8.42 Å². The summed E-state index contributed by atoms with van der Waals surface area (Å²) >= 11 is 6.42. The quantitative estimate of drug-likeness (QED) is 0.621. The Balaban J connectivity index is 2.34.